The molecule has 0 saturated heterocycles. The van der Waals surface area contributed by atoms with Crippen LogP contribution in [-0.2, 0) is 9.59 Å². The molecule has 0 fully saturated rings. The summed E-state index contributed by atoms with van der Waals surface area (Å²) in [5.41, 5.74) is 2.41. The molecule has 0 bridgehead atoms. The van der Waals surface area contributed by atoms with Gasteiger partial charge >= 0.3 is 0 Å². The second kappa shape index (κ2) is 16.2. The van der Waals surface area contributed by atoms with Crippen LogP contribution in [-0.4, -0.2) is 71.9 Å². The molecule has 0 aliphatic heterocycles. The lowest BCUT2D eigenvalue weighted by Crippen LogP contribution is -2.45. The molecule has 11 heteroatoms. The minimum absolute atomic E-state index is 0.235. The Hall–Kier alpha value is -5.26. The van der Waals surface area contributed by atoms with Gasteiger partial charge in [0.25, 0.3) is 0 Å². The number of hydrogen-bond donors (Lipinski definition) is 3. The molecule has 43 heavy (non-hydrogen) atoms. The van der Waals surface area contributed by atoms with Crippen LogP contribution in [0.1, 0.15) is 30.9 Å². The van der Waals surface area contributed by atoms with Crippen molar-refractivity contribution in [2.24, 2.45) is 0 Å². The third-order valence-corrected chi connectivity index (χ3v) is 6.21. The van der Waals surface area contributed by atoms with E-state index >= 15 is 0 Å². The molecule has 1 atom stereocenters. The van der Waals surface area contributed by atoms with Crippen molar-refractivity contribution in [1.29, 1.82) is 5.26 Å². The Labute approximate surface area is 251 Å². The smallest absolute Gasteiger partial charge is 0.246 e. The van der Waals surface area contributed by atoms with E-state index < -0.39 is 6.04 Å². The number of nitrogens with one attached hydrogen (secondary N) is 3. The fraction of sp³-hybridized carbons (Fsp3) is 0.281. The predicted octanol–water partition coefficient (Wildman–Crippen LogP) is 4.19. The number of hydrogen-bond acceptors (Lipinski definition) is 8. The number of benzene rings is 2. The summed E-state index contributed by atoms with van der Waals surface area (Å²) in [6, 6.07) is 14.2. The van der Waals surface area contributed by atoms with Gasteiger partial charge < -0.3 is 25.8 Å². The highest BCUT2D eigenvalue weighted by atomic mass is 19.1. The van der Waals surface area contributed by atoms with Crippen LogP contribution in [0.4, 0.5) is 27.5 Å². The van der Waals surface area contributed by atoms with E-state index in [-0.39, 0.29) is 17.6 Å². The number of nitriles is 1. The number of carbonyl (C=O) groups is 2. The van der Waals surface area contributed by atoms with Crippen molar-refractivity contribution in [1.82, 2.24) is 25.1 Å². The van der Waals surface area contributed by atoms with Gasteiger partial charge in [-0.25, -0.2) is 9.37 Å². The van der Waals surface area contributed by atoms with E-state index in [2.05, 4.69) is 43.8 Å². The summed E-state index contributed by atoms with van der Waals surface area (Å²) < 4.78 is 13.4. The van der Waals surface area contributed by atoms with Gasteiger partial charge in [0.1, 0.15) is 11.9 Å². The summed E-state index contributed by atoms with van der Waals surface area (Å²) >= 11 is 0. The molecule has 222 valence electrons. The third-order valence-electron chi connectivity index (χ3n) is 6.21. The average Bonchev–Trinajstić information content (AvgIpc) is 3.00. The first kappa shape index (κ1) is 32.3. The van der Waals surface area contributed by atoms with Crippen molar-refractivity contribution in [3.63, 3.8) is 0 Å². The number of aromatic nitrogens is 2. The molecule has 1 aromatic heterocycles. The molecule has 3 aromatic rings. The molecule has 0 aliphatic rings. The quantitative estimate of drug-likeness (QED) is 0.165. The lowest BCUT2D eigenvalue weighted by atomic mass is 10.2. The highest BCUT2D eigenvalue weighted by Gasteiger charge is 2.20. The third kappa shape index (κ3) is 10.6. The van der Waals surface area contributed by atoms with E-state index in [1.165, 1.54) is 23.1 Å². The van der Waals surface area contributed by atoms with E-state index in [1.54, 1.807) is 62.6 Å². The fourth-order valence-electron chi connectivity index (χ4n) is 3.60. The highest BCUT2D eigenvalue weighted by molar-refractivity contribution is 5.92. The van der Waals surface area contributed by atoms with Gasteiger partial charge in [0.2, 0.25) is 17.8 Å². The zero-order valence-corrected chi connectivity index (χ0v) is 24.7. The number of nitrogens with zero attached hydrogens (tertiary/aromatic N) is 5. The number of amides is 2. The fourth-order valence-corrected chi connectivity index (χ4v) is 3.60. The Kier molecular flexibility index (Phi) is 12.2. The van der Waals surface area contributed by atoms with Crippen LogP contribution in [0.3, 0.4) is 0 Å². The SMILES string of the molecule is C[C@@H](C(=O)NCCCC#Cc1cnc(Nc2ccc(C#N)cc2)nc1Nc1ccc(F)cc1)N(C)C(=O)C=CCN(C)C. The van der Waals surface area contributed by atoms with Crippen LogP contribution in [0.2, 0.25) is 0 Å². The Morgan fingerprint density at radius 1 is 1.05 bits per heavy atom. The number of likely N-dealkylation sites (N-methyl/N-ethyl adjacent to an activating group) is 2. The molecule has 0 unspecified atom stereocenters. The monoisotopic (exact) mass is 582 g/mol. The van der Waals surface area contributed by atoms with Crippen molar-refractivity contribution >= 4 is 35.0 Å². The molecule has 2 amide bonds. The Balaban J connectivity index is 1.60. The Morgan fingerprint density at radius 3 is 2.40 bits per heavy atom. The van der Waals surface area contributed by atoms with Gasteiger partial charge in [0, 0.05) is 44.0 Å². The second-order valence-corrected chi connectivity index (χ2v) is 9.89. The highest BCUT2D eigenvalue weighted by Crippen LogP contribution is 2.21. The Bertz CT molecular complexity index is 1520. The summed E-state index contributed by atoms with van der Waals surface area (Å²) in [5, 5.41) is 18.1. The Morgan fingerprint density at radius 2 is 1.72 bits per heavy atom. The van der Waals surface area contributed by atoms with Crippen LogP contribution < -0.4 is 16.0 Å². The maximum atomic E-state index is 13.4. The maximum absolute atomic E-state index is 13.4. The van der Waals surface area contributed by atoms with Gasteiger partial charge in [-0.1, -0.05) is 17.9 Å². The van der Waals surface area contributed by atoms with Crippen molar-refractivity contribution in [3.8, 4) is 17.9 Å². The molecule has 10 nitrogen and oxygen atoms in total. The van der Waals surface area contributed by atoms with E-state index in [4.69, 9.17) is 5.26 Å². The molecule has 0 aliphatic carbocycles. The molecule has 3 N–H and O–H groups in total. The van der Waals surface area contributed by atoms with Crippen LogP contribution in [0.15, 0.2) is 66.9 Å². The van der Waals surface area contributed by atoms with Crippen molar-refractivity contribution in [2.75, 3.05) is 44.9 Å². The summed E-state index contributed by atoms with van der Waals surface area (Å²) in [6.45, 7) is 2.72. The number of unbranched alkanes of at least 4 members (excludes halogenated alkanes) is 1. The van der Waals surface area contributed by atoms with Gasteiger partial charge in [-0.15, -0.1) is 0 Å². The van der Waals surface area contributed by atoms with Crippen LogP contribution >= 0.6 is 0 Å². The first-order valence-electron chi connectivity index (χ1n) is 13.7. The molecule has 2 aromatic carbocycles. The first-order valence-corrected chi connectivity index (χ1v) is 13.7. The maximum Gasteiger partial charge on any atom is 0.246 e. The van der Waals surface area contributed by atoms with Gasteiger partial charge in [-0.2, -0.15) is 10.2 Å². The van der Waals surface area contributed by atoms with E-state index in [0.29, 0.717) is 60.2 Å². The molecule has 3 rings (SSSR count). The average molecular weight is 583 g/mol. The largest absolute Gasteiger partial charge is 0.354 e. The standard InChI is InChI=1S/C32H35FN8O2/c1-23(41(4)29(42)10-8-20-40(2)3)31(43)35-19-7-5-6-9-25-22-36-32(38-28-15-11-24(21-34)12-16-28)39-30(25)37-27-17-13-26(33)14-18-27/h8,10-18,22-23H,5,7,19-20H2,1-4H3,(H,35,43)(H2,36,37,38,39)/t23-/m0/s1. The normalized spacial score (nSPS) is 11.3. The zero-order chi connectivity index (χ0) is 31.2. The lowest BCUT2D eigenvalue weighted by Gasteiger charge is -2.23. The second-order valence-electron chi connectivity index (χ2n) is 9.89. The summed E-state index contributed by atoms with van der Waals surface area (Å²) in [4.78, 5) is 37.1. The van der Waals surface area contributed by atoms with Crippen molar-refractivity contribution < 1.29 is 14.0 Å². The number of halogens is 1. The number of anilines is 4. The first-order chi connectivity index (χ1) is 20.7. The van der Waals surface area contributed by atoms with Crippen LogP contribution in [0.5, 0.6) is 0 Å². The van der Waals surface area contributed by atoms with Crippen LogP contribution in [0, 0.1) is 29.0 Å². The molecular formula is C32H35FN8O2. The molecule has 1 heterocycles. The van der Waals surface area contributed by atoms with Crippen molar-refractivity contribution in [3.05, 3.63) is 83.8 Å². The van der Waals surface area contributed by atoms with Gasteiger partial charge in [0.15, 0.2) is 5.82 Å². The van der Waals surface area contributed by atoms with E-state index in [9.17, 15) is 14.0 Å². The van der Waals surface area contributed by atoms with Gasteiger partial charge in [-0.05, 0) is 76.0 Å². The number of carbonyl (C=O) groups excluding carboxylic acids is 2. The van der Waals surface area contributed by atoms with Gasteiger partial charge in [0.05, 0.1) is 23.4 Å². The van der Waals surface area contributed by atoms with E-state index in [0.717, 1.165) is 0 Å². The van der Waals surface area contributed by atoms with E-state index in [1.807, 2.05) is 19.0 Å². The minimum Gasteiger partial charge on any atom is -0.354 e. The van der Waals surface area contributed by atoms with Crippen LogP contribution in [0.25, 0.3) is 0 Å². The minimum atomic E-state index is -0.615. The zero-order valence-electron chi connectivity index (χ0n) is 24.7. The topological polar surface area (TPSA) is 126 Å². The number of rotatable bonds is 12. The summed E-state index contributed by atoms with van der Waals surface area (Å²) in [7, 11) is 5.41. The lowest BCUT2D eigenvalue weighted by molar-refractivity contribution is -0.135. The summed E-state index contributed by atoms with van der Waals surface area (Å²) in [6.07, 6.45) is 5.91. The van der Waals surface area contributed by atoms with Crippen molar-refractivity contribution in [2.45, 2.75) is 25.8 Å². The van der Waals surface area contributed by atoms with Gasteiger partial charge in [-0.3, -0.25) is 9.59 Å². The molecular weight excluding hydrogens is 547 g/mol. The molecule has 0 radical (unpaired) electrons. The summed E-state index contributed by atoms with van der Waals surface area (Å²) in [5.74, 6) is 6.07. The predicted molar refractivity (Wildman–Crippen MR) is 165 cm³/mol. The molecule has 0 saturated carbocycles. The molecule has 0 spiro atoms.